The van der Waals surface area contributed by atoms with Crippen LogP contribution < -0.4 is 15.8 Å². The van der Waals surface area contributed by atoms with Gasteiger partial charge in [0, 0.05) is 11.1 Å². The third-order valence-electron chi connectivity index (χ3n) is 3.41. The molecule has 0 aromatic heterocycles. The van der Waals surface area contributed by atoms with Gasteiger partial charge in [-0.25, -0.2) is 4.99 Å². The predicted octanol–water partition coefficient (Wildman–Crippen LogP) is 2.96. The third kappa shape index (κ3) is 5.29. The predicted molar refractivity (Wildman–Crippen MR) is 83.4 cm³/mol. The zero-order chi connectivity index (χ0) is 14.2. The fraction of sp³-hybridized carbons (Fsp3) is 0.533. The number of nitrogens with one attached hydrogen (secondary N) is 1. The van der Waals surface area contributed by atoms with Crippen LogP contribution in [-0.4, -0.2) is 25.2 Å². The van der Waals surface area contributed by atoms with Crippen molar-refractivity contribution < 1.29 is 4.74 Å². The van der Waals surface area contributed by atoms with E-state index in [9.17, 15) is 0 Å². The molecule has 0 bridgehead atoms. The summed E-state index contributed by atoms with van der Waals surface area (Å²) in [5.74, 6) is 1.32. The standard InChI is InChI=1S/C15H22ClN3O/c16-12-6-8-14(9-7-12)20-11-10-18-15(17)19-13-4-2-1-3-5-13/h6-9,13H,1-5,10-11H2,(H3,17,18,19). The van der Waals surface area contributed by atoms with E-state index < -0.39 is 0 Å². The number of guanidine groups is 1. The van der Waals surface area contributed by atoms with E-state index >= 15 is 0 Å². The molecule has 2 rings (SSSR count). The maximum Gasteiger partial charge on any atom is 0.188 e. The molecule has 0 atom stereocenters. The molecule has 1 saturated carbocycles. The fourth-order valence-corrected chi connectivity index (χ4v) is 2.49. The third-order valence-corrected chi connectivity index (χ3v) is 3.66. The van der Waals surface area contributed by atoms with E-state index in [2.05, 4.69) is 10.3 Å². The number of rotatable bonds is 5. The number of benzene rings is 1. The molecule has 1 aliphatic rings. The van der Waals surface area contributed by atoms with Gasteiger partial charge in [-0.15, -0.1) is 0 Å². The zero-order valence-corrected chi connectivity index (χ0v) is 12.4. The minimum Gasteiger partial charge on any atom is -0.492 e. The second-order valence-electron chi connectivity index (χ2n) is 5.05. The van der Waals surface area contributed by atoms with Crippen molar-refractivity contribution in [2.75, 3.05) is 13.2 Å². The average Bonchev–Trinajstić information content (AvgIpc) is 2.46. The van der Waals surface area contributed by atoms with Gasteiger partial charge < -0.3 is 15.8 Å². The Bertz CT molecular complexity index is 427. The molecule has 1 aromatic rings. The van der Waals surface area contributed by atoms with E-state index in [-0.39, 0.29) is 0 Å². The molecular formula is C15H22ClN3O. The van der Waals surface area contributed by atoms with E-state index in [1.165, 1.54) is 32.1 Å². The summed E-state index contributed by atoms with van der Waals surface area (Å²) in [6, 6.07) is 7.79. The van der Waals surface area contributed by atoms with Crippen LogP contribution in [0.1, 0.15) is 32.1 Å². The molecule has 0 amide bonds. The molecule has 5 heteroatoms. The number of aliphatic imine (C=N–C) groups is 1. The lowest BCUT2D eigenvalue weighted by Gasteiger charge is -2.23. The fourth-order valence-electron chi connectivity index (χ4n) is 2.36. The van der Waals surface area contributed by atoms with Crippen LogP contribution in [0.4, 0.5) is 0 Å². The summed E-state index contributed by atoms with van der Waals surface area (Å²) in [5, 5.41) is 3.98. The van der Waals surface area contributed by atoms with Crippen molar-refractivity contribution in [3.8, 4) is 5.75 Å². The van der Waals surface area contributed by atoms with Gasteiger partial charge in [-0.1, -0.05) is 30.9 Å². The first-order valence-electron chi connectivity index (χ1n) is 7.19. The highest BCUT2D eigenvalue weighted by molar-refractivity contribution is 6.30. The lowest BCUT2D eigenvalue weighted by Crippen LogP contribution is -2.41. The van der Waals surface area contributed by atoms with Crippen molar-refractivity contribution in [1.82, 2.24) is 5.32 Å². The summed E-state index contributed by atoms with van der Waals surface area (Å²) in [6.45, 7) is 1.06. The van der Waals surface area contributed by atoms with Crippen LogP contribution in [0.5, 0.6) is 5.75 Å². The first-order chi connectivity index (χ1) is 9.74. The molecule has 0 radical (unpaired) electrons. The number of ether oxygens (including phenoxy) is 1. The molecule has 0 unspecified atom stereocenters. The van der Waals surface area contributed by atoms with E-state index in [1.807, 2.05) is 12.1 Å². The summed E-state index contributed by atoms with van der Waals surface area (Å²) in [5.41, 5.74) is 5.87. The average molecular weight is 296 g/mol. The Balaban J connectivity index is 1.65. The second-order valence-corrected chi connectivity index (χ2v) is 5.49. The van der Waals surface area contributed by atoms with E-state index in [4.69, 9.17) is 22.1 Å². The van der Waals surface area contributed by atoms with Crippen LogP contribution in [0.2, 0.25) is 5.02 Å². The van der Waals surface area contributed by atoms with E-state index in [1.54, 1.807) is 12.1 Å². The molecular weight excluding hydrogens is 274 g/mol. The van der Waals surface area contributed by atoms with Gasteiger partial charge in [-0.3, -0.25) is 0 Å². The smallest absolute Gasteiger partial charge is 0.188 e. The Kier molecular flexibility index (Phi) is 5.99. The summed E-state index contributed by atoms with van der Waals surface area (Å²) in [4.78, 5) is 4.28. The lowest BCUT2D eigenvalue weighted by atomic mass is 9.96. The van der Waals surface area contributed by atoms with Crippen LogP contribution in [0.3, 0.4) is 0 Å². The Hall–Kier alpha value is -1.42. The van der Waals surface area contributed by atoms with Crippen molar-refractivity contribution in [1.29, 1.82) is 0 Å². The van der Waals surface area contributed by atoms with Crippen LogP contribution >= 0.6 is 11.6 Å². The molecule has 0 spiro atoms. The van der Waals surface area contributed by atoms with Crippen molar-refractivity contribution in [2.45, 2.75) is 38.1 Å². The molecule has 0 saturated heterocycles. The molecule has 0 heterocycles. The first-order valence-corrected chi connectivity index (χ1v) is 7.56. The van der Waals surface area contributed by atoms with E-state index in [0.717, 1.165) is 5.75 Å². The number of halogens is 1. The van der Waals surface area contributed by atoms with Gasteiger partial charge in [0.1, 0.15) is 12.4 Å². The highest BCUT2D eigenvalue weighted by atomic mass is 35.5. The maximum atomic E-state index is 5.87. The van der Waals surface area contributed by atoms with Gasteiger partial charge in [0.15, 0.2) is 5.96 Å². The topological polar surface area (TPSA) is 59.6 Å². The summed E-state index contributed by atoms with van der Waals surface area (Å²) in [7, 11) is 0. The molecule has 1 fully saturated rings. The minimum atomic E-state index is 0.490. The number of hydrogen-bond acceptors (Lipinski definition) is 2. The first kappa shape index (κ1) is 15.0. The van der Waals surface area contributed by atoms with Crippen molar-refractivity contribution in [3.63, 3.8) is 0 Å². The van der Waals surface area contributed by atoms with Crippen molar-refractivity contribution >= 4 is 17.6 Å². The highest BCUT2D eigenvalue weighted by Crippen LogP contribution is 2.17. The quantitative estimate of drug-likeness (QED) is 0.499. The van der Waals surface area contributed by atoms with Gasteiger partial charge in [0.2, 0.25) is 0 Å². The molecule has 1 aliphatic carbocycles. The molecule has 1 aromatic carbocycles. The SMILES string of the molecule is NC(=NCCOc1ccc(Cl)cc1)NC1CCCCC1. The second kappa shape index (κ2) is 8.00. The lowest BCUT2D eigenvalue weighted by molar-refractivity contribution is 0.328. The maximum absolute atomic E-state index is 5.87. The van der Waals surface area contributed by atoms with Gasteiger partial charge in [-0.2, -0.15) is 0 Å². The number of hydrogen-bond donors (Lipinski definition) is 2. The van der Waals surface area contributed by atoms with Crippen LogP contribution in [0, 0.1) is 0 Å². The Morgan fingerprint density at radius 1 is 1.25 bits per heavy atom. The Morgan fingerprint density at radius 3 is 2.65 bits per heavy atom. The zero-order valence-electron chi connectivity index (χ0n) is 11.6. The molecule has 3 N–H and O–H groups in total. The minimum absolute atomic E-state index is 0.490. The summed E-state index contributed by atoms with van der Waals surface area (Å²) < 4.78 is 5.55. The van der Waals surface area contributed by atoms with Gasteiger partial charge in [0.25, 0.3) is 0 Å². The van der Waals surface area contributed by atoms with Crippen LogP contribution in [0.25, 0.3) is 0 Å². The molecule has 20 heavy (non-hydrogen) atoms. The summed E-state index contributed by atoms with van der Waals surface area (Å²) >= 11 is 5.80. The van der Waals surface area contributed by atoms with E-state index in [0.29, 0.717) is 30.2 Å². The molecule has 0 aliphatic heterocycles. The summed E-state index contributed by atoms with van der Waals surface area (Å²) in [6.07, 6.45) is 6.29. The van der Waals surface area contributed by atoms with Crippen molar-refractivity contribution in [2.24, 2.45) is 10.7 Å². The monoisotopic (exact) mass is 295 g/mol. The van der Waals surface area contributed by atoms with Gasteiger partial charge in [-0.05, 0) is 37.1 Å². The highest BCUT2D eigenvalue weighted by Gasteiger charge is 2.12. The molecule has 110 valence electrons. The number of nitrogens with two attached hydrogens (primary N) is 1. The van der Waals surface area contributed by atoms with Crippen molar-refractivity contribution in [3.05, 3.63) is 29.3 Å². The Labute approximate surface area is 125 Å². The number of nitrogens with zero attached hydrogens (tertiary/aromatic N) is 1. The Morgan fingerprint density at radius 2 is 1.95 bits per heavy atom. The molecule has 4 nitrogen and oxygen atoms in total. The largest absolute Gasteiger partial charge is 0.492 e. The van der Waals surface area contributed by atoms with Gasteiger partial charge in [0.05, 0.1) is 6.54 Å². The normalized spacial score (nSPS) is 16.9. The van der Waals surface area contributed by atoms with Crippen LogP contribution in [0.15, 0.2) is 29.3 Å². The van der Waals surface area contributed by atoms with Crippen LogP contribution in [-0.2, 0) is 0 Å². The van der Waals surface area contributed by atoms with Gasteiger partial charge >= 0.3 is 0 Å².